The van der Waals surface area contributed by atoms with Crippen LogP contribution in [0.2, 0.25) is 0 Å². The summed E-state index contributed by atoms with van der Waals surface area (Å²) in [5.41, 5.74) is 1.95. The molecule has 0 saturated heterocycles. The summed E-state index contributed by atoms with van der Waals surface area (Å²) in [5, 5.41) is 0. The van der Waals surface area contributed by atoms with Crippen molar-refractivity contribution in [2.45, 2.75) is 19.7 Å². The van der Waals surface area contributed by atoms with E-state index in [9.17, 15) is 17.6 Å². The lowest BCUT2D eigenvalue weighted by molar-refractivity contribution is -0.177. The van der Waals surface area contributed by atoms with Gasteiger partial charge in [0.2, 0.25) is 0 Å². The summed E-state index contributed by atoms with van der Waals surface area (Å²) in [6, 6.07) is 0. The number of nitrogens with zero attached hydrogens (tertiary/aromatic N) is 2. The number of halogens is 4. The van der Waals surface area contributed by atoms with Crippen LogP contribution < -0.4 is 11.3 Å². The second kappa shape index (κ2) is 5.23. The zero-order chi connectivity index (χ0) is 13.1. The lowest BCUT2D eigenvalue weighted by atomic mass is 10.4. The van der Waals surface area contributed by atoms with Crippen LogP contribution in [0.4, 0.5) is 23.4 Å². The van der Waals surface area contributed by atoms with Crippen LogP contribution in [0.25, 0.3) is 0 Å². The van der Waals surface area contributed by atoms with Crippen LogP contribution in [0.5, 0.6) is 0 Å². The molecule has 0 aromatic carbocycles. The summed E-state index contributed by atoms with van der Waals surface area (Å²) in [6.45, 7) is -0.557. The van der Waals surface area contributed by atoms with Crippen molar-refractivity contribution in [3.63, 3.8) is 0 Å². The van der Waals surface area contributed by atoms with Crippen molar-refractivity contribution < 1.29 is 22.3 Å². The molecular weight excluding hydrogens is 244 g/mol. The zero-order valence-electron chi connectivity index (χ0n) is 8.81. The maximum atomic E-state index is 13.2. The van der Waals surface area contributed by atoms with Crippen molar-refractivity contribution in [3.05, 3.63) is 17.3 Å². The highest BCUT2D eigenvalue weighted by molar-refractivity contribution is 5.36. The molecule has 5 nitrogen and oxygen atoms in total. The molecule has 1 heterocycles. The SMILES string of the molecule is Cc1nc(COCC(F)(F)F)nc(NN)c1F. The summed E-state index contributed by atoms with van der Waals surface area (Å²) < 4.78 is 52.9. The summed E-state index contributed by atoms with van der Waals surface area (Å²) in [7, 11) is 0. The first-order valence-corrected chi connectivity index (χ1v) is 4.47. The second-order valence-electron chi connectivity index (χ2n) is 3.14. The summed E-state index contributed by atoms with van der Waals surface area (Å²) in [4.78, 5) is 7.18. The molecule has 17 heavy (non-hydrogen) atoms. The molecule has 0 atom stereocenters. The van der Waals surface area contributed by atoms with Crippen molar-refractivity contribution in [1.82, 2.24) is 9.97 Å². The topological polar surface area (TPSA) is 73.1 Å². The van der Waals surface area contributed by atoms with Crippen LogP contribution >= 0.6 is 0 Å². The molecule has 0 fully saturated rings. The number of alkyl halides is 3. The number of nitrogen functional groups attached to an aromatic ring is 1. The largest absolute Gasteiger partial charge is 0.411 e. The Labute approximate surface area is 94.0 Å². The van der Waals surface area contributed by atoms with E-state index in [0.29, 0.717) is 0 Å². The molecule has 1 aromatic heterocycles. The highest BCUT2D eigenvalue weighted by Gasteiger charge is 2.27. The number of anilines is 1. The molecule has 0 amide bonds. The van der Waals surface area contributed by atoms with E-state index in [4.69, 9.17) is 5.84 Å². The smallest absolute Gasteiger partial charge is 0.364 e. The van der Waals surface area contributed by atoms with Gasteiger partial charge in [-0.15, -0.1) is 0 Å². The van der Waals surface area contributed by atoms with Gasteiger partial charge in [0.05, 0.1) is 5.69 Å². The third kappa shape index (κ3) is 4.11. The molecule has 1 aromatic rings. The Morgan fingerprint density at radius 2 is 2.00 bits per heavy atom. The summed E-state index contributed by atoms with van der Waals surface area (Å²) in [6.07, 6.45) is -4.43. The number of aryl methyl sites for hydroxylation is 1. The van der Waals surface area contributed by atoms with E-state index in [1.807, 2.05) is 5.43 Å². The van der Waals surface area contributed by atoms with Gasteiger partial charge in [-0.05, 0) is 6.92 Å². The van der Waals surface area contributed by atoms with Gasteiger partial charge in [-0.1, -0.05) is 0 Å². The maximum absolute atomic E-state index is 13.2. The molecular formula is C8H10F4N4O. The fourth-order valence-corrected chi connectivity index (χ4v) is 1.04. The molecule has 0 spiro atoms. The quantitative estimate of drug-likeness (QED) is 0.481. The molecule has 0 aliphatic rings. The standard InChI is InChI=1S/C8H10F4N4O/c1-4-6(9)7(16-13)15-5(14-4)2-17-3-8(10,11)12/h2-3,13H2,1H3,(H,14,15,16). The Bertz CT molecular complexity index is 396. The van der Waals surface area contributed by atoms with E-state index >= 15 is 0 Å². The van der Waals surface area contributed by atoms with Gasteiger partial charge in [0.25, 0.3) is 0 Å². The average Bonchev–Trinajstić information content (AvgIpc) is 2.21. The van der Waals surface area contributed by atoms with Crippen molar-refractivity contribution in [3.8, 4) is 0 Å². The third-order valence-electron chi connectivity index (χ3n) is 1.70. The van der Waals surface area contributed by atoms with E-state index in [2.05, 4.69) is 14.7 Å². The van der Waals surface area contributed by atoms with E-state index in [-0.39, 0.29) is 17.3 Å². The van der Waals surface area contributed by atoms with Crippen LogP contribution in [-0.2, 0) is 11.3 Å². The van der Waals surface area contributed by atoms with Gasteiger partial charge in [-0.25, -0.2) is 20.2 Å². The Hall–Kier alpha value is -1.48. The number of nitrogens with two attached hydrogens (primary N) is 1. The minimum absolute atomic E-state index is 0.0291. The van der Waals surface area contributed by atoms with Crippen LogP contribution in [0.15, 0.2) is 0 Å². The van der Waals surface area contributed by atoms with E-state index in [0.717, 1.165) is 0 Å². The van der Waals surface area contributed by atoms with Gasteiger partial charge in [-0.2, -0.15) is 13.2 Å². The van der Waals surface area contributed by atoms with Gasteiger partial charge in [0.15, 0.2) is 17.5 Å². The summed E-state index contributed by atoms with van der Waals surface area (Å²) in [5.74, 6) is 3.86. The van der Waals surface area contributed by atoms with Gasteiger partial charge in [-0.3, -0.25) is 0 Å². The minimum atomic E-state index is -4.43. The second-order valence-corrected chi connectivity index (χ2v) is 3.14. The molecule has 0 radical (unpaired) electrons. The summed E-state index contributed by atoms with van der Waals surface area (Å²) >= 11 is 0. The average molecular weight is 254 g/mol. The lowest BCUT2D eigenvalue weighted by Crippen LogP contribution is -2.18. The number of aromatic nitrogens is 2. The molecule has 9 heteroatoms. The molecule has 0 bridgehead atoms. The number of ether oxygens (including phenoxy) is 1. The highest BCUT2D eigenvalue weighted by Crippen LogP contribution is 2.16. The van der Waals surface area contributed by atoms with Crippen LogP contribution in [-0.4, -0.2) is 22.8 Å². The normalized spacial score (nSPS) is 11.6. The molecule has 0 unspecified atom stereocenters. The van der Waals surface area contributed by atoms with E-state index in [1.54, 1.807) is 0 Å². The van der Waals surface area contributed by atoms with Crippen molar-refractivity contribution in [2.24, 2.45) is 5.84 Å². The number of hydrogen-bond donors (Lipinski definition) is 2. The lowest BCUT2D eigenvalue weighted by Gasteiger charge is -2.09. The zero-order valence-corrected chi connectivity index (χ0v) is 8.81. The first kappa shape index (κ1) is 13.6. The first-order chi connectivity index (χ1) is 7.83. The van der Waals surface area contributed by atoms with Gasteiger partial charge >= 0.3 is 6.18 Å². The minimum Gasteiger partial charge on any atom is -0.364 e. The number of hydrogen-bond acceptors (Lipinski definition) is 5. The van der Waals surface area contributed by atoms with Gasteiger partial charge in [0, 0.05) is 0 Å². The molecule has 1 rings (SSSR count). The molecule has 3 N–H and O–H groups in total. The number of nitrogens with one attached hydrogen (secondary N) is 1. The predicted molar refractivity (Wildman–Crippen MR) is 50.2 cm³/mol. The molecule has 0 aliphatic heterocycles. The first-order valence-electron chi connectivity index (χ1n) is 4.47. The Kier molecular flexibility index (Phi) is 4.18. The maximum Gasteiger partial charge on any atom is 0.411 e. The highest BCUT2D eigenvalue weighted by atomic mass is 19.4. The third-order valence-corrected chi connectivity index (χ3v) is 1.70. The Morgan fingerprint density at radius 1 is 1.35 bits per heavy atom. The van der Waals surface area contributed by atoms with Gasteiger partial charge < -0.3 is 10.2 Å². The molecule has 96 valence electrons. The van der Waals surface area contributed by atoms with Crippen LogP contribution in [0, 0.1) is 12.7 Å². The Morgan fingerprint density at radius 3 is 2.53 bits per heavy atom. The fraction of sp³-hybridized carbons (Fsp3) is 0.500. The van der Waals surface area contributed by atoms with Crippen LogP contribution in [0.1, 0.15) is 11.5 Å². The van der Waals surface area contributed by atoms with Crippen molar-refractivity contribution in [1.29, 1.82) is 0 Å². The van der Waals surface area contributed by atoms with Crippen molar-refractivity contribution >= 4 is 5.82 Å². The number of hydrazine groups is 1. The monoisotopic (exact) mass is 254 g/mol. The fourth-order valence-electron chi connectivity index (χ4n) is 1.04. The van der Waals surface area contributed by atoms with Crippen molar-refractivity contribution in [2.75, 3.05) is 12.0 Å². The van der Waals surface area contributed by atoms with E-state index in [1.165, 1.54) is 6.92 Å². The molecule has 0 aliphatic carbocycles. The Balaban J connectivity index is 2.69. The van der Waals surface area contributed by atoms with Crippen LogP contribution in [0.3, 0.4) is 0 Å². The van der Waals surface area contributed by atoms with Gasteiger partial charge in [0.1, 0.15) is 13.2 Å². The predicted octanol–water partition coefficient (Wildman–Crippen LogP) is 1.29. The number of rotatable bonds is 4. The molecule has 0 saturated carbocycles. The van der Waals surface area contributed by atoms with E-state index < -0.39 is 25.2 Å².